The summed E-state index contributed by atoms with van der Waals surface area (Å²) in [5.74, 6) is 1.97. The standard InChI is InChI=1S/C22H23FN10O10P2S2.2C19H23N11O9P2S3/c1-2-22-4-39-45(37,47)42-13-9(23)8(40-20(13)33-7-29-11-17(33)30-21(25)31-18(11)35)3-38-44(36,46)43-14(22)12(34)19(41-22)32-6-28-10-15(24)26-5-27-16(10)32;2*20-18-25-15-11(16(32)26-18)27-28-29(15)17-13-12(31)10(44-17)4-36-40(33,42)38-8-1-7(37-9(8)3-35-41(34,43)39-13)6-2-24-30-14(6)22-5-23-19(30)21/h1,5-9,12-14,19-20,34H,3-4H2,(H,36,46)(H,37,47)(H2,24,26,27)(H3,25,30,31,35);2*2,5,7-10,12-13,17,31H,1,3-4H2,(H,33,42)(H,34,43)(H2,21,22,23)(H3,20,25,26,32)/t8-,9-,12-,13-,14+,19-,20-,22-,44?,45?;2*7-,8+,9-,10-,12-,13-,17-,40?,41?/m111/s1. The summed E-state index contributed by atoms with van der Waals surface area (Å²) in [6.07, 6.45) is -6.34. The van der Waals surface area contributed by atoms with E-state index >= 15 is 4.39 Å². The molecule has 9 aliphatic rings. The van der Waals surface area contributed by atoms with Gasteiger partial charge in [-0.1, -0.05) is 28.6 Å². The average molecular weight is 2150 g/mol. The number of fused-ring (bicyclic) bond motifs is 15. The number of alkyl halides is 1. The number of aliphatic hydroxyl groups excluding tert-OH is 3. The number of aromatic nitrogens is 26. The Morgan fingerprint density at radius 3 is 1.49 bits per heavy atom. The zero-order valence-electron chi connectivity index (χ0n) is 67.3. The van der Waals surface area contributed by atoms with Crippen LogP contribution in [0.2, 0.25) is 0 Å². The molecule has 60 nitrogen and oxygen atoms in total. The smallest absolute Gasteiger partial charge is 0.386 e. The second-order valence-corrected chi connectivity index (χ2v) is 49.9. The molecule has 9 aliphatic heterocycles. The number of ether oxygens (including phenoxy) is 4. The second kappa shape index (κ2) is 36.8. The lowest BCUT2D eigenvalue weighted by Crippen LogP contribution is -2.47. The highest BCUT2D eigenvalue weighted by molar-refractivity contribution is 8.44. The minimum Gasteiger partial charge on any atom is -0.389 e. The molecule has 0 aromatic carbocycles. The number of rotatable bonds is 6. The van der Waals surface area contributed by atoms with Gasteiger partial charge in [-0.05, 0) is 59.0 Å². The minimum absolute atomic E-state index is 0.00274. The van der Waals surface area contributed by atoms with Gasteiger partial charge in [-0.25, -0.2) is 58.2 Å². The summed E-state index contributed by atoms with van der Waals surface area (Å²) in [4.78, 5) is 144. The third-order valence-corrected chi connectivity index (χ3v) is 34.4. The number of terminal acetylenes is 1. The van der Waals surface area contributed by atoms with Crippen LogP contribution in [-0.2, 0) is 137 Å². The van der Waals surface area contributed by atoms with E-state index in [0.717, 1.165) is 34.4 Å². The van der Waals surface area contributed by atoms with Gasteiger partial charge in [-0.15, -0.1) is 40.1 Å². The minimum atomic E-state index is -4.46. The first-order valence-electron chi connectivity index (χ1n) is 38.8. The van der Waals surface area contributed by atoms with Crippen molar-refractivity contribution in [1.29, 1.82) is 0 Å². The van der Waals surface area contributed by atoms with E-state index in [1.54, 1.807) is 0 Å². The number of thioether (sulfide) groups is 2. The van der Waals surface area contributed by atoms with Crippen molar-refractivity contribution in [2.24, 2.45) is 0 Å². The fourth-order valence-electron chi connectivity index (χ4n) is 15.8. The normalized spacial score (nSPS) is 37.1. The zero-order valence-corrected chi connectivity index (χ0v) is 79.2. The van der Waals surface area contributed by atoms with Crippen molar-refractivity contribution in [3.05, 3.63) is 86.2 Å². The van der Waals surface area contributed by atoms with Crippen molar-refractivity contribution in [2.75, 3.05) is 74.0 Å². The highest BCUT2D eigenvalue weighted by atomic mass is 32.7. The molecular weight excluding hydrogens is 2080 g/mol. The average Bonchev–Trinajstić information content (AvgIpc) is 1.57. The first-order chi connectivity index (χ1) is 64.0. The van der Waals surface area contributed by atoms with E-state index in [-0.39, 0.29) is 119 Å². The molecule has 75 heteroatoms. The number of thiol groups is 1. The van der Waals surface area contributed by atoms with Crippen molar-refractivity contribution >= 4 is 227 Å². The number of nitrogens with two attached hydrogens (primary N) is 6. The lowest BCUT2D eigenvalue weighted by molar-refractivity contribution is -0.0912. The van der Waals surface area contributed by atoms with Gasteiger partial charge in [0.2, 0.25) is 29.7 Å². The maximum Gasteiger partial charge on any atom is 0.386 e. The van der Waals surface area contributed by atoms with Gasteiger partial charge in [0.05, 0.1) is 112 Å². The highest BCUT2D eigenvalue weighted by Gasteiger charge is 2.61. The Morgan fingerprint density at radius 1 is 0.504 bits per heavy atom. The quantitative estimate of drug-likeness (QED) is 0.0462. The van der Waals surface area contributed by atoms with Crippen LogP contribution in [0.1, 0.15) is 59.4 Å². The first-order valence-corrected chi connectivity index (χ1v) is 56.3. The van der Waals surface area contributed by atoms with Crippen LogP contribution >= 0.6 is 76.2 Å². The van der Waals surface area contributed by atoms with Crippen LogP contribution in [-0.4, -0.2) is 303 Å². The topological polar surface area (TPSA) is 829 Å². The predicted octanol–water partition coefficient (Wildman–Crippen LogP) is -2.56. The molecule has 0 aliphatic carbocycles. The number of hydrogen-bond donors (Lipinski definition) is 18. The van der Waals surface area contributed by atoms with E-state index in [1.165, 1.54) is 60.7 Å². The van der Waals surface area contributed by atoms with E-state index in [1.807, 2.05) is 0 Å². The molecule has 12 aromatic rings. The molecule has 9 fully saturated rings. The second-order valence-electron chi connectivity index (χ2n) is 30.3. The number of nitrogen functional groups attached to an aromatic ring is 6. The van der Waals surface area contributed by atoms with Gasteiger partial charge in [0.1, 0.15) is 84.1 Å². The molecule has 0 amide bonds. The van der Waals surface area contributed by atoms with Crippen LogP contribution in [0.4, 0.5) is 39.9 Å². The Morgan fingerprint density at radius 2 is 0.948 bits per heavy atom. The van der Waals surface area contributed by atoms with Crippen LogP contribution in [0.3, 0.4) is 0 Å². The first kappa shape index (κ1) is 96.3. The molecule has 6 bridgehead atoms. The molecule has 23 N–H and O–H groups in total. The number of aliphatic hydroxyl groups is 3. The van der Waals surface area contributed by atoms with E-state index in [4.69, 9.17) is 173 Å². The molecule has 0 radical (unpaired) electrons. The molecule has 21 heterocycles. The Hall–Kier alpha value is -7.58. The van der Waals surface area contributed by atoms with Gasteiger partial charge in [0.25, 0.3) is 16.7 Å². The Balaban J connectivity index is 0.000000130. The summed E-state index contributed by atoms with van der Waals surface area (Å²) in [7, 11) is 0. The van der Waals surface area contributed by atoms with Gasteiger partial charge in [-0.3, -0.25) is 61.1 Å². The fourth-order valence-corrected chi connectivity index (χ4v) is 27.8. The summed E-state index contributed by atoms with van der Waals surface area (Å²) in [6, 6.07) is 0. The molecule has 9 saturated heterocycles. The Bertz CT molecular complexity index is 6970. The number of H-pyrrole nitrogens is 3. The molecule has 12 aromatic heterocycles. The van der Waals surface area contributed by atoms with Crippen LogP contribution < -0.4 is 51.1 Å². The number of anilines is 6. The van der Waals surface area contributed by atoms with Gasteiger partial charge in [0, 0.05) is 24.0 Å². The molecule has 6 unspecified atom stereocenters. The van der Waals surface area contributed by atoms with Gasteiger partial charge >= 0.3 is 40.4 Å². The van der Waals surface area contributed by atoms with E-state index < -0.39 is 201 Å². The summed E-state index contributed by atoms with van der Waals surface area (Å²) in [5, 5.41) is 54.5. The molecule has 21 rings (SSSR count). The number of halogens is 1. The molecule has 28 atom stereocenters. The van der Waals surface area contributed by atoms with Crippen molar-refractivity contribution in [3.63, 3.8) is 0 Å². The van der Waals surface area contributed by atoms with Gasteiger partial charge in [-0.2, -0.15) is 34.2 Å². The molecule has 0 saturated carbocycles. The summed E-state index contributed by atoms with van der Waals surface area (Å²) in [5.41, 5.74) is 32.5. The molecular formula is C60H69FN32O28P6S8. The van der Waals surface area contributed by atoms with Crippen LogP contribution in [0.25, 0.3) is 55.9 Å². The number of aromatic amines is 3. The van der Waals surface area contributed by atoms with Crippen LogP contribution in [0.15, 0.2) is 58.4 Å². The summed E-state index contributed by atoms with van der Waals surface area (Å²) < 4.78 is 130. The lowest BCUT2D eigenvalue weighted by atomic mass is 9.97. The highest BCUT2D eigenvalue weighted by Crippen LogP contribution is 2.63. The third kappa shape index (κ3) is 18.9. The molecule has 135 heavy (non-hydrogen) atoms. The van der Waals surface area contributed by atoms with E-state index in [9.17, 15) is 58.7 Å². The summed E-state index contributed by atoms with van der Waals surface area (Å²) >= 11 is 32.7. The number of imidazole rings is 2. The zero-order chi connectivity index (χ0) is 95.4. The Labute approximate surface area is 788 Å². The van der Waals surface area contributed by atoms with Gasteiger partial charge < -0.3 is 125 Å². The number of nitrogens with one attached hydrogen (secondary N) is 3. The largest absolute Gasteiger partial charge is 0.389 e. The van der Waals surface area contributed by atoms with Crippen molar-refractivity contribution < 1.29 is 122 Å². The predicted molar refractivity (Wildman–Crippen MR) is 481 cm³/mol. The maximum absolute atomic E-state index is 16.0. The van der Waals surface area contributed by atoms with Crippen molar-refractivity contribution in [2.45, 2.75) is 144 Å². The van der Waals surface area contributed by atoms with Crippen LogP contribution in [0, 0.1) is 12.3 Å². The lowest BCUT2D eigenvalue weighted by Gasteiger charge is -2.33. The fraction of sp³-hybridized carbons (Fsp3) is 0.500. The summed E-state index contributed by atoms with van der Waals surface area (Å²) in [6.45, 7) is -27.9. The monoisotopic (exact) mass is 2150 g/mol. The maximum atomic E-state index is 16.0. The number of nitrogens with zero attached hydrogens (tertiary/aromatic N) is 23. The van der Waals surface area contributed by atoms with Gasteiger partial charge in [0.15, 0.2) is 80.5 Å². The third-order valence-electron chi connectivity index (χ3n) is 21.9. The van der Waals surface area contributed by atoms with Crippen molar-refractivity contribution in [1.82, 2.24) is 128 Å². The van der Waals surface area contributed by atoms with Crippen LogP contribution in [0.5, 0.6) is 0 Å². The van der Waals surface area contributed by atoms with Crippen molar-refractivity contribution in [3.8, 4) is 12.3 Å². The van der Waals surface area contributed by atoms with E-state index in [0.29, 0.717) is 22.4 Å². The Kier molecular flexibility index (Phi) is 26.3. The molecule has 0 spiro atoms. The number of hydrogen-bond acceptors (Lipinski definition) is 53. The van der Waals surface area contributed by atoms with E-state index in [2.05, 4.69) is 119 Å². The SMILES string of the molecule is C#C[C@@]12COP(O)(=S)O[C@@H]3[C@H](F)[C@@H](COP(O)(=S)O[C@H]1[C@@H](O)[C@H](n1cnc4c(N)ncnc41)O2)O[C@H]3n1cnc2c(=O)[nH]c(N)nc21.Nc1nc2c(nnn2[C@@H]2S[C@@H]3COP(O)(=S)O[C@H]4C[C@H](c5cnn6c(N)ncnc56)O[C@@H]4COP(=O)(S)O[C@@H]2[C@@H]3O)c(=O)[nH]1.Nc1nc2c(nnn2[C@@H]2S[C@@H]3COP(O)(=S)O[C@H]4C[C@H](c5cnn6c(N)ncnc56)O[C@@H]4COP(O)(=S)O[C@@H]2[C@@H]3O)c(=O)[nH]1. The molecule has 722 valence electrons.